The van der Waals surface area contributed by atoms with Crippen LogP contribution in [0.3, 0.4) is 0 Å². The van der Waals surface area contributed by atoms with Crippen LogP contribution < -0.4 is 10.4 Å². The van der Waals surface area contributed by atoms with Crippen LogP contribution in [0, 0.1) is 0 Å². The van der Waals surface area contributed by atoms with Crippen LogP contribution in [0.5, 0.6) is 0 Å². The number of sulfonamides is 1. The Labute approximate surface area is 108 Å². The van der Waals surface area contributed by atoms with Gasteiger partial charge < -0.3 is 0 Å². The van der Waals surface area contributed by atoms with Gasteiger partial charge in [0.05, 0.1) is 17.2 Å². The van der Waals surface area contributed by atoms with E-state index in [9.17, 15) is 13.2 Å². The molecule has 2 aromatic rings. The van der Waals surface area contributed by atoms with Gasteiger partial charge in [-0.2, -0.15) is 4.68 Å². The Morgan fingerprint density at radius 1 is 1.33 bits per heavy atom. The summed E-state index contributed by atoms with van der Waals surface area (Å²) in [7, 11) is -3.54. The van der Waals surface area contributed by atoms with Gasteiger partial charge in [0, 0.05) is 0 Å². The smallest absolute Gasteiger partial charge is 0.267 e. The molecule has 6 nitrogen and oxygen atoms in total. The minimum absolute atomic E-state index is 0.295. The van der Waals surface area contributed by atoms with Crippen LogP contribution in [0.25, 0.3) is 10.9 Å². The Hall–Kier alpha value is -1.54. The largest absolute Gasteiger partial charge is 0.281 e. The molecule has 96 valence electrons. The predicted octanol–water partition coefficient (Wildman–Crippen LogP) is 0.621. The predicted molar refractivity (Wildman–Crippen MR) is 72.0 cm³/mol. The van der Waals surface area contributed by atoms with Gasteiger partial charge in [0.2, 0.25) is 10.0 Å². The second kappa shape index (κ2) is 4.62. The van der Waals surface area contributed by atoms with Crippen LogP contribution in [0.1, 0.15) is 0 Å². The van der Waals surface area contributed by atoms with Crippen molar-refractivity contribution >= 4 is 32.7 Å². The Balaban J connectivity index is 2.79. The zero-order valence-corrected chi connectivity index (χ0v) is 11.4. The lowest BCUT2D eigenvalue weighted by Crippen LogP contribution is -2.34. The molecule has 1 aromatic heterocycles. The molecule has 0 radical (unpaired) electrons. The number of thioether (sulfide) groups is 1. The molecule has 0 fully saturated rings. The number of rotatable bonds is 3. The highest BCUT2D eigenvalue weighted by Crippen LogP contribution is 2.14. The lowest BCUT2D eigenvalue weighted by atomic mass is 10.2. The van der Waals surface area contributed by atoms with E-state index in [2.05, 4.69) is 9.82 Å². The van der Waals surface area contributed by atoms with Crippen LogP contribution in [-0.4, -0.2) is 30.6 Å². The molecule has 1 heterocycles. The molecule has 1 N–H and O–H groups in total. The SMILES string of the molecule is CSc1nc2ccccc2c(=O)n1NS(C)(=O)=O. The summed E-state index contributed by atoms with van der Waals surface area (Å²) in [6.07, 6.45) is 2.70. The van der Waals surface area contributed by atoms with Crippen molar-refractivity contribution in [1.29, 1.82) is 0 Å². The van der Waals surface area contributed by atoms with Crippen LogP contribution in [-0.2, 0) is 10.0 Å². The average Bonchev–Trinajstić information content (AvgIpc) is 2.31. The first-order valence-corrected chi connectivity index (χ1v) is 8.07. The van der Waals surface area contributed by atoms with Crippen molar-refractivity contribution in [1.82, 2.24) is 9.66 Å². The maximum atomic E-state index is 12.2. The van der Waals surface area contributed by atoms with Crippen molar-refractivity contribution in [3.8, 4) is 0 Å². The van der Waals surface area contributed by atoms with Crippen molar-refractivity contribution in [2.24, 2.45) is 0 Å². The van der Waals surface area contributed by atoms with E-state index in [-0.39, 0.29) is 0 Å². The summed E-state index contributed by atoms with van der Waals surface area (Å²) in [5.41, 5.74) is 0.105. The maximum Gasteiger partial charge on any atom is 0.281 e. The van der Waals surface area contributed by atoms with E-state index < -0.39 is 15.6 Å². The molecule has 1 aromatic carbocycles. The number of hydrogen-bond acceptors (Lipinski definition) is 5. The standard InChI is InChI=1S/C10H11N3O3S2/c1-17-10-11-8-6-4-3-5-7(8)9(14)13(10)12-18(2,15)16/h3-6,12H,1-2H3. The summed E-state index contributed by atoms with van der Waals surface area (Å²) in [4.78, 5) is 18.6. The average molecular weight is 285 g/mol. The van der Waals surface area contributed by atoms with Gasteiger partial charge in [0.1, 0.15) is 0 Å². The summed E-state index contributed by atoms with van der Waals surface area (Å²) in [6.45, 7) is 0. The van der Waals surface area contributed by atoms with Gasteiger partial charge in [-0.3, -0.25) is 4.79 Å². The lowest BCUT2D eigenvalue weighted by Gasteiger charge is -2.11. The maximum absolute atomic E-state index is 12.2. The van der Waals surface area contributed by atoms with Crippen molar-refractivity contribution in [2.45, 2.75) is 5.16 Å². The van der Waals surface area contributed by atoms with E-state index in [1.807, 2.05) is 0 Å². The quantitative estimate of drug-likeness (QED) is 0.660. The minimum Gasteiger partial charge on any atom is -0.267 e. The van der Waals surface area contributed by atoms with Gasteiger partial charge >= 0.3 is 0 Å². The highest BCUT2D eigenvalue weighted by molar-refractivity contribution is 7.98. The fourth-order valence-corrected chi connectivity index (χ4v) is 2.56. The molecule has 18 heavy (non-hydrogen) atoms. The summed E-state index contributed by atoms with van der Waals surface area (Å²) < 4.78 is 23.4. The fourth-order valence-electron chi connectivity index (χ4n) is 1.50. The van der Waals surface area contributed by atoms with Gasteiger partial charge in [-0.15, -0.1) is 0 Å². The third kappa shape index (κ3) is 2.49. The van der Waals surface area contributed by atoms with E-state index in [0.29, 0.717) is 16.1 Å². The third-order valence-corrected chi connectivity index (χ3v) is 3.34. The minimum atomic E-state index is -3.54. The molecular weight excluding hydrogens is 274 g/mol. The molecule has 0 bridgehead atoms. The second-order valence-corrected chi connectivity index (χ2v) is 6.12. The summed E-state index contributed by atoms with van der Waals surface area (Å²) in [5, 5.41) is 0.663. The molecular formula is C10H11N3O3S2. The van der Waals surface area contributed by atoms with E-state index in [1.54, 1.807) is 30.5 Å². The topological polar surface area (TPSA) is 81.1 Å². The number of benzene rings is 1. The molecule has 0 spiro atoms. The first kappa shape index (κ1) is 12.9. The Morgan fingerprint density at radius 2 is 2.00 bits per heavy atom. The van der Waals surface area contributed by atoms with Gasteiger partial charge in [0.15, 0.2) is 5.16 Å². The summed E-state index contributed by atoms with van der Waals surface area (Å²) >= 11 is 1.19. The molecule has 0 saturated carbocycles. The number of nitrogens with zero attached hydrogens (tertiary/aromatic N) is 2. The first-order valence-electron chi connectivity index (χ1n) is 4.96. The van der Waals surface area contributed by atoms with E-state index in [0.717, 1.165) is 10.9 Å². The molecule has 0 aliphatic rings. The number of fused-ring (bicyclic) bond motifs is 1. The number of aromatic nitrogens is 2. The fraction of sp³-hybridized carbons (Fsp3) is 0.200. The van der Waals surface area contributed by atoms with Crippen LogP contribution in [0.4, 0.5) is 0 Å². The molecule has 0 saturated heterocycles. The van der Waals surface area contributed by atoms with Crippen LogP contribution in [0.2, 0.25) is 0 Å². The molecule has 0 unspecified atom stereocenters. The second-order valence-electron chi connectivity index (χ2n) is 3.62. The normalized spacial score (nSPS) is 11.7. The molecule has 0 aliphatic carbocycles. The molecule has 8 heteroatoms. The van der Waals surface area contributed by atoms with Gasteiger partial charge in [-0.1, -0.05) is 23.9 Å². The molecule has 0 atom stereocenters. The van der Waals surface area contributed by atoms with Crippen LogP contribution in [0.15, 0.2) is 34.2 Å². The number of para-hydroxylation sites is 1. The highest BCUT2D eigenvalue weighted by Gasteiger charge is 2.12. The third-order valence-electron chi connectivity index (χ3n) is 2.18. The van der Waals surface area contributed by atoms with E-state index in [1.165, 1.54) is 11.8 Å². The summed E-state index contributed by atoms with van der Waals surface area (Å²) in [5.74, 6) is 0. The van der Waals surface area contributed by atoms with Crippen molar-refractivity contribution < 1.29 is 8.42 Å². The highest BCUT2D eigenvalue weighted by atomic mass is 32.2. The Kier molecular flexibility index (Phi) is 3.31. The van der Waals surface area contributed by atoms with Gasteiger partial charge in [0.25, 0.3) is 5.56 Å². The molecule has 2 rings (SSSR count). The first-order chi connectivity index (χ1) is 8.42. The Bertz CT molecular complexity index is 753. The number of nitrogens with one attached hydrogen (secondary N) is 1. The number of hydrogen-bond donors (Lipinski definition) is 1. The zero-order valence-electron chi connectivity index (χ0n) is 9.75. The van der Waals surface area contributed by atoms with E-state index in [4.69, 9.17) is 0 Å². The van der Waals surface area contributed by atoms with Crippen molar-refractivity contribution in [3.05, 3.63) is 34.6 Å². The van der Waals surface area contributed by atoms with Gasteiger partial charge in [-0.25, -0.2) is 18.2 Å². The summed E-state index contributed by atoms with van der Waals surface area (Å²) in [6, 6.07) is 6.79. The van der Waals surface area contributed by atoms with E-state index >= 15 is 0 Å². The van der Waals surface area contributed by atoms with Gasteiger partial charge in [-0.05, 0) is 18.4 Å². The van der Waals surface area contributed by atoms with Crippen molar-refractivity contribution in [2.75, 3.05) is 17.3 Å². The molecule has 0 amide bonds. The van der Waals surface area contributed by atoms with Crippen LogP contribution >= 0.6 is 11.8 Å². The molecule has 0 aliphatic heterocycles. The lowest BCUT2D eigenvalue weighted by molar-refractivity contribution is 0.596. The van der Waals surface area contributed by atoms with Crippen molar-refractivity contribution in [3.63, 3.8) is 0 Å². The zero-order chi connectivity index (χ0) is 13.3. The monoisotopic (exact) mass is 285 g/mol. The Morgan fingerprint density at radius 3 is 2.61 bits per heavy atom.